The van der Waals surface area contributed by atoms with Gasteiger partial charge >= 0.3 is 0 Å². The van der Waals surface area contributed by atoms with Gasteiger partial charge in [0.2, 0.25) is 5.91 Å². The molecule has 100 valence electrons. The highest BCUT2D eigenvalue weighted by Crippen LogP contribution is 2.22. The van der Waals surface area contributed by atoms with Crippen molar-refractivity contribution in [1.82, 2.24) is 4.90 Å². The number of likely N-dealkylation sites (tertiary alicyclic amines) is 1. The molecule has 1 rings (SSSR count). The first-order valence-electron chi connectivity index (χ1n) is 6.73. The van der Waals surface area contributed by atoms with Crippen molar-refractivity contribution < 1.29 is 4.79 Å². The highest BCUT2D eigenvalue weighted by molar-refractivity contribution is 5.73. The Labute approximate surface area is 105 Å². The van der Waals surface area contributed by atoms with Crippen LogP contribution in [-0.2, 0) is 4.79 Å². The number of nitrogens with two attached hydrogens (primary N) is 2. The number of hydrogen-bond acceptors (Lipinski definition) is 3. The van der Waals surface area contributed by atoms with Crippen molar-refractivity contribution in [3.63, 3.8) is 0 Å². The Morgan fingerprint density at radius 3 is 2.35 bits per heavy atom. The summed E-state index contributed by atoms with van der Waals surface area (Å²) in [7, 11) is 0. The molecular formula is C13H27N3O. The van der Waals surface area contributed by atoms with Gasteiger partial charge in [-0.2, -0.15) is 0 Å². The van der Waals surface area contributed by atoms with Gasteiger partial charge in [-0.25, -0.2) is 0 Å². The third-order valence-electron chi connectivity index (χ3n) is 3.94. The maximum absolute atomic E-state index is 10.9. The summed E-state index contributed by atoms with van der Waals surface area (Å²) < 4.78 is 0. The topological polar surface area (TPSA) is 72.3 Å². The lowest BCUT2D eigenvalue weighted by Crippen LogP contribution is -2.40. The molecule has 0 spiro atoms. The van der Waals surface area contributed by atoms with Crippen molar-refractivity contribution in [2.24, 2.45) is 29.2 Å². The van der Waals surface area contributed by atoms with E-state index in [0.717, 1.165) is 39.0 Å². The van der Waals surface area contributed by atoms with E-state index in [-0.39, 0.29) is 5.91 Å². The number of rotatable bonds is 6. The highest BCUT2D eigenvalue weighted by Gasteiger charge is 2.23. The van der Waals surface area contributed by atoms with Crippen LogP contribution < -0.4 is 11.5 Å². The maximum Gasteiger partial charge on any atom is 0.217 e. The van der Waals surface area contributed by atoms with Crippen LogP contribution in [0.3, 0.4) is 0 Å². The maximum atomic E-state index is 10.9. The Morgan fingerprint density at radius 2 is 1.94 bits per heavy atom. The summed E-state index contributed by atoms with van der Waals surface area (Å²) in [5, 5.41) is 0. The van der Waals surface area contributed by atoms with E-state index in [9.17, 15) is 4.79 Å². The first-order chi connectivity index (χ1) is 8.02. The number of hydrogen-bond donors (Lipinski definition) is 2. The van der Waals surface area contributed by atoms with Gasteiger partial charge < -0.3 is 16.4 Å². The molecular weight excluding hydrogens is 214 g/mol. The molecule has 1 aliphatic rings. The van der Waals surface area contributed by atoms with Crippen LogP contribution in [0.2, 0.25) is 0 Å². The Hall–Kier alpha value is -0.610. The van der Waals surface area contributed by atoms with Gasteiger partial charge in [0.05, 0.1) is 0 Å². The summed E-state index contributed by atoms with van der Waals surface area (Å²) in [4.78, 5) is 13.3. The molecule has 17 heavy (non-hydrogen) atoms. The molecule has 0 aliphatic carbocycles. The van der Waals surface area contributed by atoms with Crippen LogP contribution in [0.5, 0.6) is 0 Å². The Balaban J connectivity index is 2.29. The molecule has 1 heterocycles. The van der Waals surface area contributed by atoms with Gasteiger partial charge in [-0.05, 0) is 50.2 Å². The highest BCUT2D eigenvalue weighted by atomic mass is 16.1. The second kappa shape index (κ2) is 6.97. The third-order valence-corrected chi connectivity index (χ3v) is 3.94. The molecule has 0 radical (unpaired) electrons. The molecule has 1 saturated heterocycles. The minimum atomic E-state index is -0.162. The van der Waals surface area contributed by atoms with Crippen molar-refractivity contribution in [3.05, 3.63) is 0 Å². The van der Waals surface area contributed by atoms with Crippen molar-refractivity contribution in [2.45, 2.75) is 33.1 Å². The smallest absolute Gasteiger partial charge is 0.217 e. The Kier molecular flexibility index (Phi) is 5.92. The van der Waals surface area contributed by atoms with E-state index in [1.54, 1.807) is 0 Å². The number of carbonyl (C=O) groups excluding carboxylic acids is 1. The normalized spacial score (nSPS) is 20.7. The van der Waals surface area contributed by atoms with Crippen LogP contribution in [0.1, 0.15) is 33.1 Å². The van der Waals surface area contributed by atoms with E-state index in [2.05, 4.69) is 18.7 Å². The SMILES string of the molecule is CC(C)C(CN)CN1CCC(CC(N)=O)CC1. The summed E-state index contributed by atoms with van der Waals surface area (Å²) >= 11 is 0. The molecule has 4 nitrogen and oxygen atoms in total. The molecule has 0 aromatic rings. The number of carbonyl (C=O) groups is 1. The van der Waals surface area contributed by atoms with Crippen LogP contribution in [0, 0.1) is 17.8 Å². The number of nitrogens with zero attached hydrogens (tertiary/aromatic N) is 1. The lowest BCUT2D eigenvalue weighted by Gasteiger charge is -2.34. The van der Waals surface area contributed by atoms with E-state index >= 15 is 0 Å². The second-order valence-corrected chi connectivity index (χ2v) is 5.65. The molecule has 1 unspecified atom stereocenters. The first kappa shape index (κ1) is 14.5. The first-order valence-corrected chi connectivity index (χ1v) is 6.73. The van der Waals surface area contributed by atoms with Crippen LogP contribution in [-0.4, -0.2) is 37.0 Å². The van der Waals surface area contributed by atoms with Crippen LogP contribution in [0.25, 0.3) is 0 Å². The zero-order chi connectivity index (χ0) is 12.8. The summed E-state index contributed by atoms with van der Waals surface area (Å²) in [6.45, 7) is 8.49. The van der Waals surface area contributed by atoms with Gasteiger partial charge in [-0.3, -0.25) is 4.79 Å². The van der Waals surface area contributed by atoms with Crippen molar-refractivity contribution in [2.75, 3.05) is 26.2 Å². The van der Waals surface area contributed by atoms with Gasteiger partial charge in [0.1, 0.15) is 0 Å². The van der Waals surface area contributed by atoms with Gasteiger partial charge in [-0.1, -0.05) is 13.8 Å². The van der Waals surface area contributed by atoms with E-state index in [1.807, 2.05) is 0 Å². The second-order valence-electron chi connectivity index (χ2n) is 5.65. The predicted octanol–water partition coefficient (Wildman–Crippen LogP) is 0.805. The number of primary amides is 1. The lowest BCUT2D eigenvalue weighted by atomic mass is 9.90. The zero-order valence-electron chi connectivity index (χ0n) is 11.2. The lowest BCUT2D eigenvalue weighted by molar-refractivity contribution is -0.119. The molecule has 0 aromatic heterocycles. The molecule has 1 aliphatic heterocycles. The third kappa shape index (κ3) is 5.04. The Morgan fingerprint density at radius 1 is 1.35 bits per heavy atom. The van der Waals surface area contributed by atoms with Crippen molar-refractivity contribution in [3.8, 4) is 0 Å². The van der Waals surface area contributed by atoms with Gasteiger partial charge in [0, 0.05) is 13.0 Å². The molecule has 1 fully saturated rings. The van der Waals surface area contributed by atoms with Crippen molar-refractivity contribution >= 4 is 5.91 Å². The van der Waals surface area contributed by atoms with E-state index < -0.39 is 0 Å². The average Bonchev–Trinajstić information content (AvgIpc) is 2.26. The van der Waals surface area contributed by atoms with Crippen molar-refractivity contribution in [1.29, 1.82) is 0 Å². The summed E-state index contributed by atoms with van der Waals surface area (Å²) in [5.41, 5.74) is 11.0. The van der Waals surface area contributed by atoms with Gasteiger partial charge in [0.25, 0.3) is 0 Å². The molecule has 1 atom stereocenters. The molecule has 0 aromatic carbocycles. The monoisotopic (exact) mass is 241 g/mol. The largest absolute Gasteiger partial charge is 0.370 e. The van der Waals surface area contributed by atoms with Gasteiger partial charge in [-0.15, -0.1) is 0 Å². The quantitative estimate of drug-likeness (QED) is 0.722. The van der Waals surface area contributed by atoms with E-state index in [4.69, 9.17) is 11.5 Å². The van der Waals surface area contributed by atoms with E-state index in [1.165, 1.54) is 0 Å². The standard InChI is InChI=1S/C13H27N3O/c1-10(2)12(8-14)9-16-5-3-11(4-6-16)7-13(15)17/h10-12H,3-9,14H2,1-2H3,(H2,15,17). The fraction of sp³-hybridized carbons (Fsp3) is 0.923. The van der Waals surface area contributed by atoms with Crippen LogP contribution >= 0.6 is 0 Å². The molecule has 4 heteroatoms. The summed E-state index contributed by atoms with van der Waals surface area (Å²) in [6.07, 6.45) is 2.75. The van der Waals surface area contributed by atoms with Crippen LogP contribution in [0.15, 0.2) is 0 Å². The fourth-order valence-electron chi connectivity index (χ4n) is 2.55. The minimum absolute atomic E-state index is 0.162. The fourth-order valence-corrected chi connectivity index (χ4v) is 2.55. The Bertz CT molecular complexity index is 235. The van der Waals surface area contributed by atoms with E-state index in [0.29, 0.717) is 24.2 Å². The molecule has 4 N–H and O–H groups in total. The van der Waals surface area contributed by atoms with Crippen LogP contribution in [0.4, 0.5) is 0 Å². The molecule has 0 saturated carbocycles. The number of piperidine rings is 1. The molecule has 0 bridgehead atoms. The number of amides is 1. The summed E-state index contributed by atoms with van der Waals surface area (Å²) in [6, 6.07) is 0. The zero-order valence-corrected chi connectivity index (χ0v) is 11.2. The molecule has 1 amide bonds. The minimum Gasteiger partial charge on any atom is -0.370 e. The average molecular weight is 241 g/mol. The summed E-state index contributed by atoms with van der Waals surface area (Å²) in [5.74, 6) is 1.57. The van der Waals surface area contributed by atoms with Gasteiger partial charge in [0.15, 0.2) is 0 Å². The predicted molar refractivity (Wildman–Crippen MR) is 70.4 cm³/mol.